The normalized spacial score (nSPS) is 14.0. The summed E-state index contributed by atoms with van der Waals surface area (Å²) in [6.45, 7) is 1.66. The Morgan fingerprint density at radius 3 is 2.75 bits per heavy atom. The third-order valence-corrected chi connectivity index (χ3v) is 5.41. The number of urea groups is 1. The topological polar surface area (TPSA) is 98.4 Å². The molecule has 1 fully saturated rings. The first-order chi connectivity index (χ1) is 13.6. The van der Waals surface area contributed by atoms with E-state index in [-0.39, 0.29) is 30.6 Å². The van der Waals surface area contributed by atoms with Gasteiger partial charge in [-0.1, -0.05) is 30.3 Å². The first-order valence-electron chi connectivity index (χ1n) is 8.91. The Kier molecular flexibility index (Phi) is 5.18. The molecule has 3 heterocycles. The van der Waals surface area contributed by atoms with Crippen molar-refractivity contribution in [3.63, 3.8) is 0 Å². The number of thiophene rings is 1. The van der Waals surface area contributed by atoms with E-state index < -0.39 is 0 Å². The molecular formula is C19H19N5O3S. The van der Waals surface area contributed by atoms with Crippen molar-refractivity contribution in [3.05, 3.63) is 63.5 Å². The molecule has 1 aliphatic heterocycles. The summed E-state index contributed by atoms with van der Waals surface area (Å²) in [7, 11) is 0. The number of fused-ring (bicyclic) bond motifs is 1. The maximum Gasteiger partial charge on any atom is 0.324 e. The number of amides is 3. The van der Waals surface area contributed by atoms with E-state index in [4.69, 9.17) is 0 Å². The highest BCUT2D eigenvalue weighted by Gasteiger charge is 2.27. The Labute approximate surface area is 164 Å². The molecule has 0 aliphatic carbocycles. The van der Waals surface area contributed by atoms with E-state index in [0.29, 0.717) is 35.7 Å². The Morgan fingerprint density at radius 2 is 2.00 bits per heavy atom. The summed E-state index contributed by atoms with van der Waals surface area (Å²) < 4.78 is 0.586. The molecule has 1 aliphatic rings. The number of hydrogen-bond acceptors (Lipinski definition) is 6. The number of H-pyrrole nitrogens is 1. The maximum absolute atomic E-state index is 12.6. The summed E-state index contributed by atoms with van der Waals surface area (Å²) in [5.74, 6) is 0.218. The first-order valence-corrected chi connectivity index (χ1v) is 9.79. The van der Waals surface area contributed by atoms with Crippen molar-refractivity contribution in [1.29, 1.82) is 0 Å². The van der Waals surface area contributed by atoms with Gasteiger partial charge in [-0.2, -0.15) is 0 Å². The third kappa shape index (κ3) is 3.95. The Bertz CT molecular complexity index is 1060. The van der Waals surface area contributed by atoms with Crippen LogP contribution in [-0.2, 0) is 17.9 Å². The monoisotopic (exact) mass is 397 g/mol. The number of carbonyl (C=O) groups excluding carboxylic acids is 2. The number of nitrogens with zero attached hydrogens (tertiary/aromatic N) is 3. The van der Waals surface area contributed by atoms with Crippen molar-refractivity contribution in [3.8, 4) is 0 Å². The molecule has 0 spiro atoms. The van der Waals surface area contributed by atoms with Crippen molar-refractivity contribution in [2.24, 2.45) is 0 Å². The number of carbonyl (C=O) groups is 2. The summed E-state index contributed by atoms with van der Waals surface area (Å²) >= 11 is 1.35. The minimum atomic E-state index is -0.365. The minimum absolute atomic E-state index is 0.0493. The molecule has 9 heteroatoms. The van der Waals surface area contributed by atoms with E-state index in [1.54, 1.807) is 6.07 Å². The lowest BCUT2D eigenvalue weighted by atomic mass is 10.2. The quantitative estimate of drug-likeness (QED) is 0.657. The molecule has 28 heavy (non-hydrogen) atoms. The molecule has 2 N–H and O–H groups in total. The maximum atomic E-state index is 12.6. The Hall–Kier alpha value is -3.04. The van der Waals surface area contributed by atoms with Crippen molar-refractivity contribution in [2.75, 3.05) is 19.6 Å². The minimum Gasteiger partial charge on any atom is -0.336 e. The van der Waals surface area contributed by atoms with Crippen molar-refractivity contribution >= 4 is 33.5 Å². The van der Waals surface area contributed by atoms with Crippen LogP contribution in [0.15, 0.2) is 46.6 Å². The van der Waals surface area contributed by atoms with Gasteiger partial charge in [0.2, 0.25) is 5.91 Å². The first kappa shape index (κ1) is 18.3. The van der Waals surface area contributed by atoms with Crippen LogP contribution in [-0.4, -0.2) is 51.3 Å². The van der Waals surface area contributed by atoms with E-state index >= 15 is 0 Å². The lowest BCUT2D eigenvalue weighted by Crippen LogP contribution is -2.41. The zero-order chi connectivity index (χ0) is 19.5. The molecule has 0 saturated carbocycles. The Balaban J connectivity index is 1.57. The Morgan fingerprint density at radius 1 is 1.18 bits per heavy atom. The molecule has 0 atom stereocenters. The third-order valence-electron chi connectivity index (χ3n) is 4.50. The van der Waals surface area contributed by atoms with Crippen LogP contribution in [0.2, 0.25) is 0 Å². The molecule has 2 aromatic heterocycles. The summed E-state index contributed by atoms with van der Waals surface area (Å²) in [5, 5.41) is 4.46. The highest BCUT2D eigenvalue weighted by molar-refractivity contribution is 7.17. The second-order valence-electron chi connectivity index (χ2n) is 6.56. The summed E-state index contributed by atoms with van der Waals surface area (Å²) in [4.78, 5) is 47.1. The van der Waals surface area contributed by atoms with Crippen LogP contribution in [0.1, 0.15) is 11.4 Å². The van der Waals surface area contributed by atoms with E-state index in [1.165, 1.54) is 16.2 Å². The average Bonchev–Trinajstić information content (AvgIpc) is 3.31. The van der Waals surface area contributed by atoms with Gasteiger partial charge in [0.05, 0.1) is 18.6 Å². The number of hydrogen-bond donors (Lipinski definition) is 2. The zero-order valence-electron chi connectivity index (χ0n) is 15.1. The molecule has 144 valence electrons. The van der Waals surface area contributed by atoms with E-state index in [0.717, 1.165) is 5.56 Å². The molecule has 3 aromatic rings. The second kappa shape index (κ2) is 7.91. The highest BCUT2D eigenvalue weighted by Crippen LogP contribution is 2.15. The van der Waals surface area contributed by atoms with E-state index in [9.17, 15) is 14.4 Å². The molecule has 1 saturated heterocycles. The SMILES string of the molecule is O=C(CN(Cc1ccccc1)Cc1nc2ccsc2c(=O)[nH]1)N1CCNC1=O. The van der Waals surface area contributed by atoms with Gasteiger partial charge in [-0.3, -0.25) is 19.4 Å². The highest BCUT2D eigenvalue weighted by atomic mass is 32.1. The van der Waals surface area contributed by atoms with E-state index in [1.807, 2.05) is 40.6 Å². The van der Waals surface area contributed by atoms with E-state index in [2.05, 4.69) is 15.3 Å². The smallest absolute Gasteiger partial charge is 0.324 e. The molecule has 4 rings (SSSR count). The fourth-order valence-electron chi connectivity index (χ4n) is 3.20. The number of nitrogens with one attached hydrogen (secondary N) is 2. The van der Waals surface area contributed by atoms with Crippen molar-refractivity contribution in [1.82, 2.24) is 25.1 Å². The predicted octanol–water partition coefficient (Wildman–Crippen LogP) is 1.54. The molecule has 1 aromatic carbocycles. The predicted molar refractivity (Wildman–Crippen MR) is 106 cm³/mol. The summed E-state index contributed by atoms with van der Waals surface area (Å²) in [6.07, 6.45) is 0. The zero-order valence-corrected chi connectivity index (χ0v) is 15.9. The van der Waals surface area contributed by atoms with Crippen LogP contribution in [0.5, 0.6) is 0 Å². The van der Waals surface area contributed by atoms with Gasteiger partial charge in [0, 0.05) is 19.6 Å². The van der Waals surface area contributed by atoms with Gasteiger partial charge in [0.15, 0.2) is 0 Å². The van der Waals surface area contributed by atoms with Crippen LogP contribution >= 0.6 is 11.3 Å². The molecule has 8 nitrogen and oxygen atoms in total. The molecular weight excluding hydrogens is 378 g/mol. The van der Waals surface area contributed by atoms with Crippen molar-refractivity contribution in [2.45, 2.75) is 13.1 Å². The summed E-state index contributed by atoms with van der Waals surface area (Å²) in [6, 6.07) is 11.2. The van der Waals surface area contributed by atoms with Crippen LogP contribution in [0, 0.1) is 0 Å². The van der Waals surface area contributed by atoms with Crippen LogP contribution in [0.3, 0.4) is 0 Å². The van der Waals surface area contributed by atoms with Gasteiger partial charge in [-0.15, -0.1) is 11.3 Å². The number of rotatable bonds is 6. The van der Waals surface area contributed by atoms with Crippen molar-refractivity contribution < 1.29 is 9.59 Å². The van der Waals surface area contributed by atoms with Gasteiger partial charge in [0.25, 0.3) is 5.56 Å². The molecule has 0 unspecified atom stereocenters. The fourth-order valence-corrected chi connectivity index (χ4v) is 3.93. The standard InChI is InChI=1S/C19H19N5O3S/c25-16(24-8-7-20-19(24)27)12-23(10-13-4-2-1-3-5-13)11-15-21-14-6-9-28-17(14)18(26)22-15/h1-6,9H,7-8,10-12H2,(H,20,27)(H,21,22,26). The molecule has 3 amide bonds. The molecule has 0 radical (unpaired) electrons. The summed E-state index contributed by atoms with van der Waals surface area (Å²) in [5.41, 5.74) is 1.49. The van der Waals surface area contributed by atoms with Gasteiger partial charge >= 0.3 is 6.03 Å². The van der Waals surface area contributed by atoms with Gasteiger partial charge in [0.1, 0.15) is 10.5 Å². The number of aromatic amines is 1. The van der Waals surface area contributed by atoms with Crippen LogP contribution < -0.4 is 10.9 Å². The number of aromatic nitrogens is 2. The average molecular weight is 397 g/mol. The van der Waals surface area contributed by atoms with Gasteiger partial charge in [-0.05, 0) is 17.0 Å². The largest absolute Gasteiger partial charge is 0.336 e. The number of imide groups is 1. The lowest BCUT2D eigenvalue weighted by Gasteiger charge is -2.23. The van der Waals surface area contributed by atoms with Gasteiger partial charge in [-0.25, -0.2) is 9.78 Å². The van der Waals surface area contributed by atoms with Gasteiger partial charge < -0.3 is 10.3 Å². The lowest BCUT2D eigenvalue weighted by molar-refractivity contribution is -0.129. The second-order valence-corrected chi connectivity index (χ2v) is 7.47. The number of benzene rings is 1. The van der Waals surface area contributed by atoms with Crippen LogP contribution in [0.25, 0.3) is 10.2 Å². The molecule has 0 bridgehead atoms. The van der Waals surface area contributed by atoms with Crippen LogP contribution in [0.4, 0.5) is 4.79 Å². The fraction of sp³-hybridized carbons (Fsp3) is 0.263.